The molecule has 1 atom stereocenters. The average Bonchev–Trinajstić information content (AvgIpc) is 3.28. The van der Waals surface area contributed by atoms with E-state index in [1.54, 1.807) is 12.3 Å². The van der Waals surface area contributed by atoms with Gasteiger partial charge >= 0.3 is 0 Å². The Kier molecular flexibility index (Phi) is 5.45. The van der Waals surface area contributed by atoms with Gasteiger partial charge in [0.05, 0.1) is 16.8 Å². The predicted octanol–water partition coefficient (Wildman–Crippen LogP) is 2.76. The number of halogens is 1. The SMILES string of the molecule is CN(CC(=O)Nc1nc2ccc(F)cc2s1)CC1CCCN1c1cccnn1. The van der Waals surface area contributed by atoms with Gasteiger partial charge in [0.25, 0.3) is 0 Å². The van der Waals surface area contributed by atoms with Gasteiger partial charge < -0.3 is 10.2 Å². The van der Waals surface area contributed by atoms with Gasteiger partial charge in [0, 0.05) is 25.3 Å². The van der Waals surface area contributed by atoms with Gasteiger partial charge in [-0.3, -0.25) is 9.69 Å². The van der Waals surface area contributed by atoms with E-state index >= 15 is 0 Å². The van der Waals surface area contributed by atoms with Crippen LogP contribution in [-0.4, -0.2) is 58.7 Å². The van der Waals surface area contributed by atoms with Gasteiger partial charge in [-0.15, -0.1) is 5.10 Å². The highest BCUT2D eigenvalue weighted by Gasteiger charge is 2.27. The molecule has 0 spiro atoms. The average molecular weight is 400 g/mol. The number of benzene rings is 1. The Morgan fingerprint density at radius 1 is 1.43 bits per heavy atom. The van der Waals surface area contributed by atoms with Gasteiger partial charge in [0.2, 0.25) is 5.91 Å². The van der Waals surface area contributed by atoms with Crippen LogP contribution < -0.4 is 10.2 Å². The van der Waals surface area contributed by atoms with Crippen LogP contribution in [0.4, 0.5) is 15.3 Å². The van der Waals surface area contributed by atoms with Crippen molar-refractivity contribution in [1.82, 2.24) is 20.1 Å². The Hall–Kier alpha value is -2.65. The molecule has 1 fully saturated rings. The molecule has 4 rings (SSSR count). The molecule has 3 heterocycles. The summed E-state index contributed by atoms with van der Waals surface area (Å²) in [6, 6.07) is 8.57. The number of hydrogen-bond donors (Lipinski definition) is 1. The summed E-state index contributed by atoms with van der Waals surface area (Å²) >= 11 is 1.27. The molecule has 28 heavy (non-hydrogen) atoms. The third-order valence-electron chi connectivity index (χ3n) is 4.76. The smallest absolute Gasteiger partial charge is 0.240 e. The molecular formula is C19H21FN6OS. The zero-order valence-electron chi connectivity index (χ0n) is 15.5. The van der Waals surface area contributed by atoms with Crippen molar-refractivity contribution in [3.05, 3.63) is 42.3 Å². The molecule has 0 bridgehead atoms. The molecule has 146 valence electrons. The fraction of sp³-hybridized carbons (Fsp3) is 0.368. The summed E-state index contributed by atoms with van der Waals surface area (Å²) in [6.07, 6.45) is 3.83. The van der Waals surface area contributed by atoms with Gasteiger partial charge in [-0.1, -0.05) is 11.3 Å². The fourth-order valence-corrected chi connectivity index (χ4v) is 4.46. The first kappa shape index (κ1) is 18.7. The normalized spacial score (nSPS) is 16.8. The Morgan fingerprint density at radius 2 is 2.32 bits per heavy atom. The van der Waals surface area contributed by atoms with E-state index in [1.807, 2.05) is 24.1 Å². The van der Waals surface area contributed by atoms with E-state index in [2.05, 4.69) is 25.4 Å². The first-order chi connectivity index (χ1) is 13.6. The maximum Gasteiger partial charge on any atom is 0.240 e. The van der Waals surface area contributed by atoms with Crippen LogP contribution in [0.5, 0.6) is 0 Å². The summed E-state index contributed by atoms with van der Waals surface area (Å²) in [5.41, 5.74) is 0.681. The second-order valence-electron chi connectivity index (χ2n) is 6.95. The van der Waals surface area contributed by atoms with Crippen LogP contribution in [0.15, 0.2) is 36.5 Å². The standard InChI is InChI=1S/C19H21FN6OS/c1-25(11-14-4-3-9-26(14)17-5-2-8-21-24-17)12-18(27)23-19-22-15-7-6-13(20)10-16(15)28-19/h2,5-8,10,14H,3-4,9,11-12H2,1H3,(H,22,23,27). The minimum absolute atomic E-state index is 0.133. The zero-order valence-corrected chi connectivity index (χ0v) is 16.3. The largest absolute Gasteiger partial charge is 0.351 e. The van der Waals surface area contributed by atoms with Crippen LogP contribution in [0.25, 0.3) is 10.2 Å². The van der Waals surface area contributed by atoms with E-state index in [0.29, 0.717) is 21.4 Å². The summed E-state index contributed by atoms with van der Waals surface area (Å²) in [5, 5.41) is 11.5. The molecule has 0 aliphatic carbocycles. The van der Waals surface area contributed by atoms with E-state index < -0.39 is 0 Å². The number of thiazole rings is 1. The molecule has 2 aromatic heterocycles. The lowest BCUT2D eigenvalue weighted by molar-refractivity contribution is -0.117. The van der Waals surface area contributed by atoms with Crippen molar-refractivity contribution in [3.8, 4) is 0 Å². The number of likely N-dealkylation sites (N-methyl/N-ethyl adjacent to an activating group) is 1. The number of carbonyl (C=O) groups is 1. The number of rotatable bonds is 6. The van der Waals surface area contributed by atoms with Crippen LogP contribution in [0.3, 0.4) is 0 Å². The van der Waals surface area contributed by atoms with E-state index in [-0.39, 0.29) is 18.3 Å². The summed E-state index contributed by atoms with van der Waals surface area (Å²) in [6.45, 7) is 1.97. The minimum atomic E-state index is -0.307. The highest BCUT2D eigenvalue weighted by atomic mass is 32.1. The van der Waals surface area contributed by atoms with Crippen LogP contribution >= 0.6 is 11.3 Å². The lowest BCUT2D eigenvalue weighted by Crippen LogP contribution is -2.42. The van der Waals surface area contributed by atoms with Crippen LogP contribution in [-0.2, 0) is 4.79 Å². The third kappa shape index (κ3) is 4.26. The van der Waals surface area contributed by atoms with Crippen molar-refractivity contribution in [2.75, 3.05) is 36.9 Å². The van der Waals surface area contributed by atoms with Gasteiger partial charge in [-0.05, 0) is 50.2 Å². The van der Waals surface area contributed by atoms with E-state index in [0.717, 1.165) is 31.7 Å². The predicted molar refractivity (Wildman–Crippen MR) is 108 cm³/mol. The number of hydrogen-bond acceptors (Lipinski definition) is 7. The van der Waals surface area contributed by atoms with Crippen molar-refractivity contribution in [3.63, 3.8) is 0 Å². The summed E-state index contributed by atoms with van der Waals surface area (Å²) in [4.78, 5) is 21.0. The van der Waals surface area contributed by atoms with Crippen LogP contribution in [0, 0.1) is 5.82 Å². The van der Waals surface area contributed by atoms with Gasteiger partial charge in [-0.25, -0.2) is 9.37 Å². The number of nitrogens with one attached hydrogen (secondary N) is 1. The maximum absolute atomic E-state index is 13.3. The second kappa shape index (κ2) is 8.15. The van der Waals surface area contributed by atoms with Crippen LogP contribution in [0.1, 0.15) is 12.8 Å². The van der Waals surface area contributed by atoms with Crippen LogP contribution in [0.2, 0.25) is 0 Å². The van der Waals surface area contributed by atoms with Crippen molar-refractivity contribution >= 4 is 38.4 Å². The third-order valence-corrected chi connectivity index (χ3v) is 5.70. The fourth-order valence-electron chi connectivity index (χ4n) is 3.55. The van der Waals surface area contributed by atoms with Crippen molar-refractivity contribution in [1.29, 1.82) is 0 Å². The minimum Gasteiger partial charge on any atom is -0.351 e. The first-order valence-electron chi connectivity index (χ1n) is 9.17. The summed E-state index contributed by atoms with van der Waals surface area (Å²) in [7, 11) is 1.93. The second-order valence-corrected chi connectivity index (χ2v) is 7.98. The van der Waals surface area contributed by atoms with E-state index in [1.165, 1.54) is 23.5 Å². The Labute approximate surface area is 166 Å². The summed E-state index contributed by atoms with van der Waals surface area (Å²) in [5.74, 6) is 0.439. The molecule has 1 aliphatic heterocycles. The topological polar surface area (TPSA) is 74.2 Å². The van der Waals surface area contributed by atoms with Gasteiger partial charge in [0.1, 0.15) is 5.82 Å². The molecule has 0 saturated carbocycles. The molecule has 1 saturated heterocycles. The number of carbonyl (C=O) groups excluding carboxylic acids is 1. The zero-order chi connectivity index (χ0) is 19.5. The highest BCUT2D eigenvalue weighted by molar-refractivity contribution is 7.22. The Balaban J connectivity index is 1.33. The molecule has 3 aromatic rings. The molecule has 0 radical (unpaired) electrons. The molecule has 1 unspecified atom stereocenters. The van der Waals surface area contributed by atoms with E-state index in [9.17, 15) is 9.18 Å². The molecule has 1 N–H and O–H groups in total. The lowest BCUT2D eigenvalue weighted by atomic mass is 10.2. The van der Waals surface area contributed by atoms with E-state index in [4.69, 9.17) is 0 Å². The van der Waals surface area contributed by atoms with Crippen molar-refractivity contribution < 1.29 is 9.18 Å². The van der Waals surface area contributed by atoms with Crippen molar-refractivity contribution in [2.24, 2.45) is 0 Å². The highest BCUT2D eigenvalue weighted by Crippen LogP contribution is 2.26. The van der Waals surface area contributed by atoms with Crippen molar-refractivity contribution in [2.45, 2.75) is 18.9 Å². The maximum atomic E-state index is 13.3. The lowest BCUT2D eigenvalue weighted by Gasteiger charge is -2.28. The number of aromatic nitrogens is 3. The molecular weight excluding hydrogens is 379 g/mol. The molecule has 7 nitrogen and oxygen atoms in total. The number of nitrogens with zero attached hydrogens (tertiary/aromatic N) is 5. The number of anilines is 2. The quantitative estimate of drug-likeness (QED) is 0.686. The number of fused-ring (bicyclic) bond motifs is 1. The number of amides is 1. The molecule has 1 aliphatic rings. The van der Waals surface area contributed by atoms with Gasteiger partial charge in [0.15, 0.2) is 10.9 Å². The molecule has 9 heteroatoms. The monoisotopic (exact) mass is 400 g/mol. The first-order valence-corrected chi connectivity index (χ1v) is 9.99. The molecule has 1 amide bonds. The summed E-state index contributed by atoms with van der Waals surface area (Å²) < 4.78 is 14.0. The Bertz CT molecular complexity index is 965. The Morgan fingerprint density at radius 3 is 3.14 bits per heavy atom. The van der Waals surface area contributed by atoms with Gasteiger partial charge in [-0.2, -0.15) is 5.10 Å². The molecule has 1 aromatic carbocycles.